The fourth-order valence-electron chi connectivity index (χ4n) is 5.66. The third-order valence-electron chi connectivity index (χ3n) is 9.18. The minimum atomic E-state index is -4.54. The van der Waals surface area contributed by atoms with Gasteiger partial charge in [0.2, 0.25) is 0 Å². The van der Waals surface area contributed by atoms with Crippen molar-refractivity contribution in [1.82, 2.24) is 0 Å². The summed E-state index contributed by atoms with van der Waals surface area (Å²) in [6.45, 7) is 5.17. The fraction of sp³-hybridized carbons (Fsp3) is 0.694. The van der Waals surface area contributed by atoms with E-state index < -0.39 is 13.9 Å². The molecular formula is C49H86NO7P. The Morgan fingerprint density at radius 1 is 0.552 bits per heavy atom. The van der Waals surface area contributed by atoms with Crippen LogP contribution in [0.25, 0.3) is 0 Å². The summed E-state index contributed by atoms with van der Waals surface area (Å²) in [6.07, 6.45) is 54.5. The molecule has 0 aromatic heterocycles. The van der Waals surface area contributed by atoms with Crippen LogP contribution in [0.2, 0.25) is 0 Å². The maximum Gasteiger partial charge on any atom is 0.306 e. The smallest absolute Gasteiger partial charge is 0.306 e. The summed E-state index contributed by atoms with van der Waals surface area (Å²) in [5.41, 5.74) is 0. The Balaban J connectivity index is 4.32. The molecule has 0 aromatic carbocycles. The van der Waals surface area contributed by atoms with Gasteiger partial charge in [-0.05, 0) is 89.9 Å². The van der Waals surface area contributed by atoms with Crippen LogP contribution in [0.1, 0.15) is 162 Å². The summed E-state index contributed by atoms with van der Waals surface area (Å²) in [5, 5.41) is 0. The summed E-state index contributed by atoms with van der Waals surface area (Å²) in [5.74, 6) is -0.361. The summed E-state index contributed by atoms with van der Waals surface area (Å²) in [7, 11) is 1.31. The number of phosphoric ester groups is 1. The minimum Gasteiger partial charge on any atom is -0.756 e. The average molecular weight is 832 g/mol. The predicted octanol–water partition coefficient (Wildman–Crippen LogP) is 13.0. The maximum absolute atomic E-state index is 12.7. The second-order valence-corrected chi connectivity index (χ2v) is 17.4. The largest absolute Gasteiger partial charge is 0.756 e. The first-order valence-corrected chi connectivity index (χ1v) is 24.3. The van der Waals surface area contributed by atoms with E-state index in [4.69, 9.17) is 18.5 Å². The summed E-state index contributed by atoms with van der Waals surface area (Å²) in [6, 6.07) is 0. The van der Waals surface area contributed by atoms with Crippen molar-refractivity contribution in [2.24, 2.45) is 0 Å². The molecule has 0 spiro atoms. The Kier molecular flexibility index (Phi) is 39.8. The molecule has 9 heteroatoms. The van der Waals surface area contributed by atoms with Crippen molar-refractivity contribution in [3.8, 4) is 0 Å². The maximum atomic E-state index is 12.7. The third kappa shape index (κ3) is 44.8. The number of carbonyl (C=O) groups excluding carboxylic acids is 1. The zero-order chi connectivity index (χ0) is 42.7. The summed E-state index contributed by atoms with van der Waals surface area (Å²) >= 11 is 0. The molecule has 0 amide bonds. The molecule has 8 nitrogen and oxygen atoms in total. The van der Waals surface area contributed by atoms with Gasteiger partial charge in [-0.25, -0.2) is 0 Å². The number of phosphoric acid groups is 1. The van der Waals surface area contributed by atoms with Crippen LogP contribution in [-0.4, -0.2) is 70.7 Å². The Labute approximate surface area is 356 Å². The molecule has 0 N–H and O–H groups in total. The van der Waals surface area contributed by atoms with Gasteiger partial charge >= 0.3 is 5.97 Å². The standard InChI is InChI=1S/C49H86NO7P/c1-6-8-10-12-14-16-18-20-22-24-25-26-27-29-31-33-35-37-39-41-44-54-46-48(47-56-58(52,53)55-45-43-50(3,4)5)57-49(51)42-40-38-36-34-32-30-28-23-21-19-17-15-13-11-9-7-2/h8,10,14,16-17,19-20,22-23,25-26,28-29,31,48H,6-7,9,11-13,15,18,21,24,27,30,32-47H2,1-5H3/b10-8-,16-14-,19-17-,22-20-,26-25-,28-23-,31-29-. The number of rotatable bonds is 41. The van der Waals surface area contributed by atoms with E-state index in [0.29, 0.717) is 17.6 Å². The molecule has 0 aliphatic rings. The first-order valence-electron chi connectivity index (χ1n) is 22.8. The SMILES string of the molecule is CC/C=C\C/C=C\C/C=C\C/C=C\C/C=C\CCCCCCOCC(COP(=O)([O-])OCC[N+](C)(C)C)OC(=O)CCCCCCC/C=C\C/C=C\CCCCCC. The fourth-order valence-corrected chi connectivity index (χ4v) is 6.39. The molecule has 0 saturated carbocycles. The lowest BCUT2D eigenvalue weighted by molar-refractivity contribution is -0.870. The number of nitrogens with zero attached hydrogens (tertiary/aromatic N) is 1. The van der Waals surface area contributed by atoms with Gasteiger partial charge in [0.1, 0.15) is 19.3 Å². The van der Waals surface area contributed by atoms with E-state index in [1.807, 2.05) is 21.1 Å². The molecular weight excluding hydrogens is 746 g/mol. The van der Waals surface area contributed by atoms with Gasteiger partial charge in [0.25, 0.3) is 7.82 Å². The van der Waals surface area contributed by atoms with Crippen LogP contribution in [0.5, 0.6) is 0 Å². The van der Waals surface area contributed by atoms with Crippen LogP contribution in [0, 0.1) is 0 Å². The molecule has 0 bridgehead atoms. The van der Waals surface area contributed by atoms with Gasteiger partial charge in [-0.1, -0.05) is 150 Å². The van der Waals surface area contributed by atoms with Crippen molar-refractivity contribution in [3.05, 3.63) is 85.1 Å². The monoisotopic (exact) mass is 832 g/mol. The van der Waals surface area contributed by atoms with Crippen molar-refractivity contribution < 1.29 is 37.3 Å². The van der Waals surface area contributed by atoms with Crippen LogP contribution in [-0.2, 0) is 27.9 Å². The normalized spacial score (nSPS) is 14.5. The Hall–Kier alpha value is -2.32. The quantitative estimate of drug-likeness (QED) is 0.0199. The molecule has 0 fully saturated rings. The van der Waals surface area contributed by atoms with Crippen LogP contribution in [0.3, 0.4) is 0 Å². The zero-order valence-corrected chi connectivity index (χ0v) is 38.6. The molecule has 0 aliphatic carbocycles. The number of unbranched alkanes of at least 4 members (excludes halogenated alkanes) is 13. The van der Waals surface area contributed by atoms with E-state index in [-0.39, 0.29) is 32.2 Å². The second kappa shape index (κ2) is 41.4. The number of ether oxygens (including phenoxy) is 2. The predicted molar refractivity (Wildman–Crippen MR) is 245 cm³/mol. The average Bonchev–Trinajstić information content (AvgIpc) is 3.18. The van der Waals surface area contributed by atoms with Gasteiger partial charge in [-0.2, -0.15) is 0 Å². The minimum absolute atomic E-state index is 0.0131. The van der Waals surface area contributed by atoms with Gasteiger partial charge in [-0.3, -0.25) is 9.36 Å². The van der Waals surface area contributed by atoms with Crippen LogP contribution in [0.4, 0.5) is 0 Å². The molecule has 0 saturated heterocycles. The Morgan fingerprint density at radius 3 is 1.50 bits per heavy atom. The molecule has 0 aromatic rings. The van der Waals surface area contributed by atoms with Crippen LogP contribution < -0.4 is 4.89 Å². The van der Waals surface area contributed by atoms with E-state index in [9.17, 15) is 14.3 Å². The van der Waals surface area contributed by atoms with E-state index in [1.165, 1.54) is 32.1 Å². The lowest BCUT2D eigenvalue weighted by Gasteiger charge is -2.28. The highest BCUT2D eigenvalue weighted by atomic mass is 31.2. The number of allylic oxidation sites excluding steroid dienone is 14. The van der Waals surface area contributed by atoms with E-state index in [0.717, 1.165) is 109 Å². The molecule has 58 heavy (non-hydrogen) atoms. The van der Waals surface area contributed by atoms with Gasteiger partial charge < -0.3 is 27.9 Å². The number of hydrogen-bond donors (Lipinski definition) is 0. The van der Waals surface area contributed by atoms with Gasteiger partial charge in [0.15, 0.2) is 0 Å². The summed E-state index contributed by atoms with van der Waals surface area (Å²) < 4.78 is 34.6. The molecule has 2 unspecified atom stereocenters. The second-order valence-electron chi connectivity index (χ2n) is 16.0. The highest BCUT2D eigenvalue weighted by molar-refractivity contribution is 7.45. The van der Waals surface area contributed by atoms with Crippen molar-refractivity contribution in [1.29, 1.82) is 0 Å². The number of carbonyl (C=O) groups is 1. The van der Waals surface area contributed by atoms with E-state index in [2.05, 4.69) is 98.9 Å². The number of hydrogen-bond acceptors (Lipinski definition) is 7. The van der Waals surface area contributed by atoms with Crippen molar-refractivity contribution >= 4 is 13.8 Å². The van der Waals surface area contributed by atoms with Gasteiger partial charge in [0, 0.05) is 13.0 Å². The Morgan fingerprint density at radius 2 is 1.00 bits per heavy atom. The first kappa shape index (κ1) is 55.7. The highest BCUT2D eigenvalue weighted by Crippen LogP contribution is 2.38. The first-order chi connectivity index (χ1) is 28.1. The number of likely N-dealkylation sites (N-methyl/N-ethyl adjacent to an activating group) is 1. The van der Waals surface area contributed by atoms with Crippen molar-refractivity contribution in [2.45, 2.75) is 168 Å². The molecule has 334 valence electrons. The van der Waals surface area contributed by atoms with Gasteiger partial charge in [-0.15, -0.1) is 0 Å². The van der Waals surface area contributed by atoms with Crippen molar-refractivity contribution in [2.75, 3.05) is 54.1 Å². The Bertz CT molecular complexity index is 1200. The van der Waals surface area contributed by atoms with E-state index >= 15 is 0 Å². The molecule has 0 heterocycles. The number of quaternary nitrogens is 1. The van der Waals surface area contributed by atoms with Gasteiger partial charge in [0.05, 0.1) is 34.4 Å². The van der Waals surface area contributed by atoms with Crippen LogP contribution >= 0.6 is 7.82 Å². The lowest BCUT2D eigenvalue weighted by atomic mass is 10.1. The van der Waals surface area contributed by atoms with E-state index in [1.54, 1.807) is 0 Å². The lowest BCUT2D eigenvalue weighted by Crippen LogP contribution is -2.37. The topological polar surface area (TPSA) is 94.1 Å². The zero-order valence-electron chi connectivity index (χ0n) is 37.7. The van der Waals surface area contributed by atoms with Crippen molar-refractivity contribution in [3.63, 3.8) is 0 Å². The molecule has 0 radical (unpaired) electrons. The molecule has 0 rings (SSSR count). The van der Waals surface area contributed by atoms with Crippen LogP contribution in [0.15, 0.2) is 85.1 Å². The molecule has 0 aliphatic heterocycles. The number of esters is 1. The third-order valence-corrected chi connectivity index (χ3v) is 10.1. The summed E-state index contributed by atoms with van der Waals surface area (Å²) in [4.78, 5) is 25.1. The molecule has 2 atom stereocenters. The highest BCUT2D eigenvalue weighted by Gasteiger charge is 2.20.